The molecule has 1 heterocycles. The third-order valence-corrected chi connectivity index (χ3v) is 2.49. The van der Waals surface area contributed by atoms with Gasteiger partial charge in [0.05, 0.1) is 13.1 Å². The van der Waals surface area contributed by atoms with Gasteiger partial charge in [0.2, 0.25) is 5.91 Å². The van der Waals surface area contributed by atoms with Crippen LogP contribution in [0.3, 0.4) is 0 Å². The van der Waals surface area contributed by atoms with Crippen LogP contribution in [-0.4, -0.2) is 28.0 Å². The molecule has 2 rings (SSSR count). The molecule has 1 amide bonds. The van der Waals surface area contributed by atoms with Crippen LogP contribution in [0, 0.1) is 0 Å². The lowest BCUT2D eigenvalue weighted by Gasteiger charge is -2.05. The minimum Gasteiger partial charge on any atom is -0.348 e. The number of hydrogen-bond acceptors (Lipinski definition) is 3. The molecule has 0 aliphatic heterocycles. The Bertz CT molecular complexity index is 343. The van der Waals surface area contributed by atoms with E-state index in [4.69, 9.17) is 0 Å². The van der Waals surface area contributed by atoms with Crippen molar-refractivity contribution in [2.24, 2.45) is 7.05 Å². The van der Waals surface area contributed by atoms with Gasteiger partial charge in [-0.05, 0) is 12.8 Å². The molecule has 0 saturated heterocycles. The van der Waals surface area contributed by atoms with Crippen LogP contribution in [0.4, 0.5) is 0 Å². The predicted octanol–water partition coefficient (Wildman–Crippen LogP) is -0.212. The van der Waals surface area contributed by atoms with Crippen LogP contribution in [0.25, 0.3) is 0 Å². The van der Waals surface area contributed by atoms with Crippen LogP contribution in [0.1, 0.15) is 18.7 Å². The second-order valence-corrected chi connectivity index (χ2v) is 3.89. The zero-order valence-corrected chi connectivity index (χ0v) is 8.86. The Kier molecular flexibility index (Phi) is 3.01. The minimum absolute atomic E-state index is 0.0323. The first kappa shape index (κ1) is 10.2. The van der Waals surface area contributed by atoms with E-state index in [0.717, 1.165) is 5.82 Å². The monoisotopic (exact) mass is 208 g/mol. The second kappa shape index (κ2) is 4.44. The van der Waals surface area contributed by atoms with Gasteiger partial charge >= 0.3 is 0 Å². The topological polar surface area (TPSA) is 59.0 Å². The van der Waals surface area contributed by atoms with Crippen molar-refractivity contribution in [3.63, 3.8) is 0 Å². The van der Waals surface area contributed by atoms with Crippen molar-refractivity contribution in [3.8, 4) is 0 Å². The summed E-state index contributed by atoms with van der Waals surface area (Å²) in [6.45, 7) is 0.907. The highest BCUT2D eigenvalue weighted by Gasteiger charge is 2.20. The smallest absolute Gasteiger partial charge is 0.234 e. The summed E-state index contributed by atoms with van der Waals surface area (Å²) in [5, 5.41) is 5.99. The zero-order chi connectivity index (χ0) is 10.7. The summed E-state index contributed by atoms with van der Waals surface area (Å²) < 4.78 is 1.90. The molecule has 15 heavy (non-hydrogen) atoms. The first-order valence-corrected chi connectivity index (χ1v) is 5.22. The van der Waals surface area contributed by atoms with Crippen molar-refractivity contribution in [1.82, 2.24) is 20.2 Å². The average Bonchev–Trinajstić information content (AvgIpc) is 2.96. The van der Waals surface area contributed by atoms with Gasteiger partial charge in [0.15, 0.2) is 0 Å². The van der Waals surface area contributed by atoms with Gasteiger partial charge in [-0.25, -0.2) is 4.98 Å². The fourth-order valence-corrected chi connectivity index (χ4v) is 1.33. The number of nitrogens with one attached hydrogen (secondary N) is 2. The molecule has 0 bridgehead atoms. The molecule has 0 aromatic carbocycles. The molecule has 5 nitrogen and oxygen atoms in total. The van der Waals surface area contributed by atoms with E-state index < -0.39 is 0 Å². The normalized spacial score (nSPS) is 15.3. The molecule has 0 atom stereocenters. The standard InChI is InChI=1S/C10H16N4O/c1-14-5-4-11-9(14)6-13-10(15)7-12-8-2-3-8/h4-5,8,12H,2-3,6-7H2,1H3,(H,13,15). The van der Waals surface area contributed by atoms with Gasteiger partial charge < -0.3 is 15.2 Å². The van der Waals surface area contributed by atoms with E-state index in [0.29, 0.717) is 19.1 Å². The number of amides is 1. The Labute approximate surface area is 88.9 Å². The molecule has 2 N–H and O–H groups in total. The molecule has 1 aromatic rings. The number of hydrogen-bond donors (Lipinski definition) is 2. The van der Waals surface area contributed by atoms with E-state index >= 15 is 0 Å². The maximum Gasteiger partial charge on any atom is 0.234 e. The van der Waals surface area contributed by atoms with Gasteiger partial charge in [-0.15, -0.1) is 0 Å². The molecular weight excluding hydrogens is 192 g/mol. The lowest BCUT2D eigenvalue weighted by Crippen LogP contribution is -2.34. The van der Waals surface area contributed by atoms with Crippen LogP contribution < -0.4 is 10.6 Å². The van der Waals surface area contributed by atoms with Crippen LogP contribution in [0.15, 0.2) is 12.4 Å². The van der Waals surface area contributed by atoms with Crippen LogP contribution >= 0.6 is 0 Å². The van der Waals surface area contributed by atoms with Crippen LogP contribution in [0.5, 0.6) is 0 Å². The van der Waals surface area contributed by atoms with Gasteiger partial charge in [0.1, 0.15) is 5.82 Å². The highest BCUT2D eigenvalue weighted by Crippen LogP contribution is 2.17. The first-order valence-electron chi connectivity index (χ1n) is 5.22. The summed E-state index contributed by atoms with van der Waals surface area (Å²) in [6, 6.07) is 0.573. The summed E-state index contributed by atoms with van der Waals surface area (Å²) in [7, 11) is 1.91. The summed E-state index contributed by atoms with van der Waals surface area (Å²) in [5.41, 5.74) is 0. The number of rotatable bonds is 5. The number of carbonyl (C=O) groups is 1. The Morgan fingerprint density at radius 2 is 2.47 bits per heavy atom. The third kappa shape index (κ3) is 3.06. The van der Waals surface area contributed by atoms with Crippen molar-refractivity contribution in [2.75, 3.05) is 6.54 Å². The lowest BCUT2D eigenvalue weighted by molar-refractivity contribution is -0.120. The van der Waals surface area contributed by atoms with Gasteiger partial charge in [0, 0.05) is 25.5 Å². The zero-order valence-electron chi connectivity index (χ0n) is 8.86. The highest BCUT2D eigenvalue weighted by atomic mass is 16.1. The van der Waals surface area contributed by atoms with E-state index in [9.17, 15) is 4.79 Å². The fraction of sp³-hybridized carbons (Fsp3) is 0.600. The van der Waals surface area contributed by atoms with Crippen LogP contribution in [0.2, 0.25) is 0 Å². The molecule has 0 spiro atoms. The van der Waals surface area contributed by atoms with E-state index in [1.54, 1.807) is 6.20 Å². The van der Waals surface area contributed by atoms with Crippen molar-refractivity contribution >= 4 is 5.91 Å². The quantitative estimate of drug-likeness (QED) is 0.704. The molecular formula is C10H16N4O. The van der Waals surface area contributed by atoms with Crippen LogP contribution in [-0.2, 0) is 18.4 Å². The Morgan fingerprint density at radius 3 is 3.07 bits per heavy atom. The van der Waals surface area contributed by atoms with E-state index in [1.165, 1.54) is 12.8 Å². The third-order valence-electron chi connectivity index (χ3n) is 2.49. The predicted molar refractivity (Wildman–Crippen MR) is 56.1 cm³/mol. The summed E-state index contributed by atoms with van der Waals surface area (Å²) in [6.07, 6.45) is 5.99. The van der Waals surface area contributed by atoms with Gasteiger partial charge in [-0.1, -0.05) is 0 Å². The Balaban J connectivity index is 1.68. The first-order chi connectivity index (χ1) is 7.25. The van der Waals surface area contributed by atoms with Crippen molar-refractivity contribution < 1.29 is 4.79 Å². The largest absolute Gasteiger partial charge is 0.348 e. The molecule has 1 fully saturated rings. The summed E-state index contributed by atoms with van der Waals surface area (Å²) in [4.78, 5) is 15.5. The highest BCUT2D eigenvalue weighted by molar-refractivity contribution is 5.77. The van der Waals surface area contributed by atoms with Gasteiger partial charge in [0.25, 0.3) is 0 Å². The second-order valence-electron chi connectivity index (χ2n) is 3.89. The maximum absolute atomic E-state index is 11.4. The SMILES string of the molecule is Cn1ccnc1CNC(=O)CNC1CC1. The maximum atomic E-state index is 11.4. The Hall–Kier alpha value is -1.36. The molecule has 1 aliphatic rings. The number of aryl methyl sites for hydroxylation is 1. The van der Waals surface area contributed by atoms with E-state index in [-0.39, 0.29) is 5.91 Å². The number of nitrogens with zero attached hydrogens (tertiary/aromatic N) is 2. The number of imidazole rings is 1. The molecule has 5 heteroatoms. The van der Waals surface area contributed by atoms with Crippen molar-refractivity contribution in [2.45, 2.75) is 25.4 Å². The molecule has 82 valence electrons. The Morgan fingerprint density at radius 1 is 1.67 bits per heavy atom. The summed E-state index contributed by atoms with van der Waals surface area (Å²) >= 11 is 0. The number of carbonyl (C=O) groups excluding carboxylic acids is 1. The van der Waals surface area contributed by atoms with E-state index in [1.807, 2.05) is 17.8 Å². The van der Waals surface area contributed by atoms with Crippen molar-refractivity contribution in [3.05, 3.63) is 18.2 Å². The van der Waals surface area contributed by atoms with Gasteiger partial charge in [-0.2, -0.15) is 0 Å². The molecule has 1 saturated carbocycles. The van der Waals surface area contributed by atoms with Gasteiger partial charge in [-0.3, -0.25) is 4.79 Å². The van der Waals surface area contributed by atoms with Crippen molar-refractivity contribution in [1.29, 1.82) is 0 Å². The average molecular weight is 208 g/mol. The molecule has 0 unspecified atom stereocenters. The molecule has 1 aromatic heterocycles. The van der Waals surface area contributed by atoms with E-state index in [2.05, 4.69) is 15.6 Å². The number of aromatic nitrogens is 2. The molecule has 1 aliphatic carbocycles. The minimum atomic E-state index is 0.0323. The fourth-order valence-electron chi connectivity index (χ4n) is 1.33. The molecule has 0 radical (unpaired) electrons. The lowest BCUT2D eigenvalue weighted by atomic mass is 10.5. The summed E-state index contributed by atoms with van der Waals surface area (Å²) in [5.74, 6) is 0.902.